The van der Waals surface area contributed by atoms with Crippen LogP contribution in [-0.4, -0.2) is 40.3 Å². The predicted octanol–water partition coefficient (Wildman–Crippen LogP) is 2.35. The highest BCUT2D eigenvalue weighted by molar-refractivity contribution is 6.21. The van der Waals surface area contributed by atoms with Crippen LogP contribution in [0, 0.1) is 0 Å². The monoisotopic (exact) mass is 362 g/mol. The van der Waals surface area contributed by atoms with Gasteiger partial charge >= 0.3 is 5.97 Å². The van der Waals surface area contributed by atoms with Crippen molar-refractivity contribution in [2.24, 2.45) is 0 Å². The molecule has 4 nitrogen and oxygen atoms in total. The fraction of sp³-hybridized carbons (Fsp3) is 0.250. The molecule has 0 radical (unpaired) electrons. The second-order valence-electron chi connectivity index (χ2n) is 5.79. The van der Waals surface area contributed by atoms with E-state index in [1.807, 2.05) is 74.8 Å². The number of methoxy groups -OCH3 is 1. The van der Waals surface area contributed by atoms with E-state index in [4.69, 9.17) is 9.47 Å². The summed E-state index contributed by atoms with van der Waals surface area (Å²) in [5.41, 5.74) is 2.31. The smallest absolute Gasteiger partial charge is 0.338 e. The Hall–Kier alpha value is -2.30. The Balaban J connectivity index is 0.00000312. The molecule has 2 aromatic carbocycles. The lowest BCUT2D eigenvalue weighted by molar-refractivity contribution is -0.858. The second-order valence-corrected chi connectivity index (χ2v) is 5.79. The molecule has 134 valence electrons. The fourth-order valence-electron chi connectivity index (χ4n) is 2.17. The number of likely N-dealkylation sites (N-methyl/N-ethyl adjacent to an activating group) is 1. The van der Waals surface area contributed by atoms with Crippen molar-refractivity contribution >= 4 is 30.0 Å². The maximum Gasteiger partial charge on any atom is 0.338 e. The zero-order chi connectivity index (χ0) is 17.4. The standard InChI is InChI=1S/C20H23NO3.ClH/c1-21(2)13-14-24-20(22)19(17-7-5-4-6-8-17)15-16-9-11-18(23-3)12-10-16;/h4-12,15H,13-14H2,1-3H3;1H/p+1. The van der Waals surface area contributed by atoms with Crippen molar-refractivity contribution in [1.82, 2.24) is 0 Å². The first-order chi connectivity index (χ1) is 11.6. The topological polar surface area (TPSA) is 40.0 Å². The maximum atomic E-state index is 12.5. The van der Waals surface area contributed by atoms with Gasteiger partial charge in [0.15, 0.2) is 0 Å². The summed E-state index contributed by atoms with van der Waals surface area (Å²) in [6.07, 6.45) is 1.85. The van der Waals surface area contributed by atoms with Crippen LogP contribution in [0.4, 0.5) is 0 Å². The number of benzene rings is 2. The quantitative estimate of drug-likeness (QED) is 0.467. The molecule has 0 bridgehead atoms. The lowest BCUT2D eigenvalue weighted by atomic mass is 10.0. The van der Waals surface area contributed by atoms with Crippen molar-refractivity contribution in [3.63, 3.8) is 0 Å². The molecule has 25 heavy (non-hydrogen) atoms. The average Bonchev–Trinajstić information content (AvgIpc) is 2.60. The van der Waals surface area contributed by atoms with E-state index in [1.54, 1.807) is 7.11 Å². The molecule has 2 aromatic rings. The zero-order valence-electron chi connectivity index (χ0n) is 14.8. The van der Waals surface area contributed by atoms with Gasteiger partial charge in [-0.25, -0.2) is 4.79 Å². The third-order valence-corrected chi connectivity index (χ3v) is 3.57. The minimum atomic E-state index is -0.307. The van der Waals surface area contributed by atoms with Crippen LogP contribution in [0.15, 0.2) is 54.6 Å². The Kier molecular flexibility index (Phi) is 8.75. The van der Waals surface area contributed by atoms with Crippen molar-refractivity contribution in [2.75, 3.05) is 34.4 Å². The van der Waals surface area contributed by atoms with Crippen molar-refractivity contribution in [3.05, 3.63) is 65.7 Å². The number of nitrogens with one attached hydrogen (secondary N) is 1. The van der Waals surface area contributed by atoms with Gasteiger partial charge in [-0.15, -0.1) is 12.4 Å². The highest BCUT2D eigenvalue weighted by Gasteiger charge is 2.14. The number of hydrogen-bond donors (Lipinski definition) is 1. The SMILES string of the molecule is COc1ccc(C=C(C(=O)OCC[NH+](C)C)c2ccccc2)cc1.Cl. The van der Waals surface area contributed by atoms with Gasteiger partial charge in [-0.3, -0.25) is 0 Å². The van der Waals surface area contributed by atoms with E-state index in [9.17, 15) is 4.79 Å². The van der Waals surface area contributed by atoms with Gasteiger partial charge in [-0.05, 0) is 29.3 Å². The van der Waals surface area contributed by atoms with E-state index in [0.29, 0.717) is 12.2 Å². The van der Waals surface area contributed by atoms with Crippen molar-refractivity contribution in [1.29, 1.82) is 0 Å². The Labute approximate surface area is 155 Å². The van der Waals surface area contributed by atoms with Crippen LogP contribution in [0.25, 0.3) is 11.6 Å². The van der Waals surface area contributed by atoms with E-state index < -0.39 is 0 Å². The van der Waals surface area contributed by atoms with Gasteiger partial charge in [0.25, 0.3) is 0 Å². The molecule has 0 saturated carbocycles. The molecule has 0 aliphatic rings. The van der Waals surface area contributed by atoms with Crippen LogP contribution in [0.2, 0.25) is 0 Å². The number of quaternary nitrogens is 1. The molecule has 2 rings (SSSR count). The number of esters is 1. The zero-order valence-corrected chi connectivity index (χ0v) is 15.6. The molecular weight excluding hydrogens is 338 g/mol. The maximum absolute atomic E-state index is 12.5. The summed E-state index contributed by atoms with van der Waals surface area (Å²) in [6, 6.07) is 17.1. The van der Waals surface area contributed by atoms with Crippen LogP contribution in [0.3, 0.4) is 0 Å². The fourth-order valence-corrected chi connectivity index (χ4v) is 2.17. The number of ether oxygens (including phenoxy) is 2. The molecule has 0 fully saturated rings. The van der Waals surface area contributed by atoms with Crippen molar-refractivity contribution in [3.8, 4) is 5.75 Å². The number of carbonyl (C=O) groups is 1. The van der Waals surface area contributed by atoms with Gasteiger partial charge in [0, 0.05) is 0 Å². The summed E-state index contributed by atoms with van der Waals surface area (Å²) in [4.78, 5) is 13.8. The Morgan fingerprint density at radius 3 is 2.24 bits per heavy atom. The molecule has 0 aliphatic heterocycles. The number of halogens is 1. The molecule has 1 N–H and O–H groups in total. The first kappa shape index (κ1) is 20.7. The van der Waals surface area contributed by atoms with E-state index in [1.165, 1.54) is 4.90 Å². The van der Waals surface area contributed by atoms with E-state index >= 15 is 0 Å². The number of rotatable bonds is 7. The Morgan fingerprint density at radius 1 is 1.04 bits per heavy atom. The van der Waals surface area contributed by atoms with Crippen LogP contribution < -0.4 is 9.64 Å². The predicted molar refractivity (Wildman–Crippen MR) is 103 cm³/mol. The minimum Gasteiger partial charge on any atom is -0.497 e. The summed E-state index contributed by atoms with van der Waals surface area (Å²) in [5.74, 6) is 0.475. The van der Waals surface area contributed by atoms with Crippen LogP contribution >= 0.6 is 12.4 Å². The molecular formula is C20H25ClNO3+. The van der Waals surface area contributed by atoms with Crippen LogP contribution in [0.1, 0.15) is 11.1 Å². The largest absolute Gasteiger partial charge is 0.497 e. The third-order valence-electron chi connectivity index (χ3n) is 3.57. The van der Waals surface area contributed by atoms with Gasteiger partial charge in [0.2, 0.25) is 0 Å². The lowest BCUT2D eigenvalue weighted by Gasteiger charge is -2.11. The molecule has 0 atom stereocenters. The van der Waals surface area contributed by atoms with Gasteiger partial charge in [0.05, 0.1) is 26.8 Å². The van der Waals surface area contributed by atoms with E-state index in [0.717, 1.165) is 23.4 Å². The van der Waals surface area contributed by atoms with Crippen molar-refractivity contribution < 1.29 is 19.2 Å². The second kappa shape index (κ2) is 10.5. The molecule has 0 aliphatic carbocycles. The average molecular weight is 363 g/mol. The van der Waals surface area contributed by atoms with Gasteiger partial charge < -0.3 is 14.4 Å². The van der Waals surface area contributed by atoms with E-state index in [-0.39, 0.29) is 18.4 Å². The van der Waals surface area contributed by atoms with Crippen LogP contribution in [0.5, 0.6) is 5.75 Å². The van der Waals surface area contributed by atoms with E-state index in [2.05, 4.69) is 0 Å². The summed E-state index contributed by atoms with van der Waals surface area (Å²) >= 11 is 0. The van der Waals surface area contributed by atoms with Gasteiger partial charge in [0.1, 0.15) is 18.9 Å². The summed E-state index contributed by atoms with van der Waals surface area (Å²) in [7, 11) is 5.68. The number of hydrogen-bond acceptors (Lipinski definition) is 3. The normalized spacial score (nSPS) is 11.0. The highest BCUT2D eigenvalue weighted by Crippen LogP contribution is 2.21. The molecule has 5 heteroatoms. The first-order valence-corrected chi connectivity index (χ1v) is 7.97. The van der Waals surface area contributed by atoms with Gasteiger partial charge in [-0.2, -0.15) is 0 Å². The highest BCUT2D eigenvalue weighted by atomic mass is 35.5. The third kappa shape index (κ3) is 6.61. The summed E-state index contributed by atoms with van der Waals surface area (Å²) in [6.45, 7) is 1.17. The Bertz CT molecular complexity index is 682. The molecule has 0 aromatic heterocycles. The Morgan fingerprint density at radius 2 is 1.68 bits per heavy atom. The molecule has 0 spiro atoms. The lowest BCUT2D eigenvalue weighted by Crippen LogP contribution is -3.06. The molecule has 0 heterocycles. The minimum absolute atomic E-state index is 0. The van der Waals surface area contributed by atoms with Crippen molar-refractivity contribution in [2.45, 2.75) is 0 Å². The summed E-state index contributed by atoms with van der Waals surface area (Å²) in [5, 5.41) is 0. The molecule has 0 amide bonds. The van der Waals surface area contributed by atoms with Gasteiger partial charge in [-0.1, -0.05) is 42.5 Å². The molecule has 0 saturated heterocycles. The summed E-state index contributed by atoms with van der Waals surface area (Å²) < 4.78 is 10.6. The molecule has 0 unspecified atom stereocenters. The number of carbonyl (C=O) groups excluding carboxylic acids is 1. The first-order valence-electron chi connectivity index (χ1n) is 7.97. The van der Waals surface area contributed by atoms with Crippen LogP contribution in [-0.2, 0) is 9.53 Å².